The van der Waals surface area contributed by atoms with Crippen LogP contribution in [0.15, 0.2) is 12.7 Å². The number of rotatable bonds is 4. The number of ether oxygens (including phenoxy) is 1. The van der Waals surface area contributed by atoms with E-state index in [0.717, 1.165) is 0 Å². The van der Waals surface area contributed by atoms with E-state index in [9.17, 15) is 9.59 Å². The van der Waals surface area contributed by atoms with Gasteiger partial charge in [0.2, 0.25) is 0 Å². The molecule has 0 fully saturated rings. The van der Waals surface area contributed by atoms with Gasteiger partial charge in [0.05, 0.1) is 5.33 Å². The van der Waals surface area contributed by atoms with Gasteiger partial charge in [-0.05, 0) is 0 Å². The van der Waals surface area contributed by atoms with Gasteiger partial charge in [-0.3, -0.25) is 4.79 Å². The van der Waals surface area contributed by atoms with Gasteiger partial charge in [0.15, 0.2) is 0 Å². The lowest BCUT2D eigenvalue weighted by Gasteiger charge is -1.95. The van der Waals surface area contributed by atoms with Crippen molar-refractivity contribution >= 4 is 27.7 Å². The molecule has 0 aliphatic carbocycles. The first-order valence-electron chi connectivity index (χ1n) is 2.59. The maximum absolute atomic E-state index is 10.5. The maximum atomic E-state index is 10.5. The molecule has 0 unspecified atom stereocenters. The fourth-order valence-electron chi connectivity index (χ4n) is 0.270. The number of esters is 1. The van der Waals surface area contributed by atoms with Gasteiger partial charge in [-0.15, -0.1) is 0 Å². The summed E-state index contributed by atoms with van der Waals surface area (Å²) >= 11 is 2.83. The fraction of sp³-hybridized carbons (Fsp3) is 0.333. The van der Waals surface area contributed by atoms with Crippen molar-refractivity contribution in [2.24, 2.45) is 0 Å². The van der Waals surface area contributed by atoms with Gasteiger partial charge in [0.1, 0.15) is 6.61 Å². The molecule has 0 aliphatic heterocycles. The molecule has 10 heavy (non-hydrogen) atoms. The van der Waals surface area contributed by atoms with Crippen LogP contribution in [0.2, 0.25) is 0 Å². The minimum atomic E-state index is -0.822. The maximum Gasteiger partial charge on any atom is 0.375 e. The molecule has 4 heteroatoms. The normalized spacial score (nSPS) is 8.50. The van der Waals surface area contributed by atoms with E-state index in [4.69, 9.17) is 0 Å². The van der Waals surface area contributed by atoms with Crippen molar-refractivity contribution < 1.29 is 14.3 Å². The van der Waals surface area contributed by atoms with E-state index in [1.54, 1.807) is 0 Å². The van der Waals surface area contributed by atoms with Gasteiger partial charge < -0.3 is 4.74 Å². The molecule has 56 valence electrons. The molecule has 0 amide bonds. The molecule has 0 aliphatic rings. The summed E-state index contributed by atoms with van der Waals surface area (Å²) in [5, 5.41) is 0.00295. The molecule has 0 aromatic heterocycles. The molecule has 0 spiro atoms. The van der Waals surface area contributed by atoms with E-state index in [-0.39, 0.29) is 11.9 Å². The van der Waals surface area contributed by atoms with Gasteiger partial charge in [0.25, 0.3) is 5.78 Å². The number of carbonyl (C=O) groups excluding carboxylic acids is 2. The number of hydrogen-bond acceptors (Lipinski definition) is 3. The van der Waals surface area contributed by atoms with Crippen LogP contribution in [0.5, 0.6) is 0 Å². The van der Waals surface area contributed by atoms with E-state index in [0.29, 0.717) is 0 Å². The number of alkyl halides is 1. The predicted molar refractivity (Wildman–Crippen MR) is 40.0 cm³/mol. The van der Waals surface area contributed by atoms with Crippen LogP contribution in [0.25, 0.3) is 0 Å². The lowest BCUT2D eigenvalue weighted by atomic mass is 10.5. The molecule has 0 saturated heterocycles. The molecule has 0 aromatic carbocycles. The van der Waals surface area contributed by atoms with Gasteiger partial charge in [-0.1, -0.05) is 28.6 Å². The molecular weight excluding hydrogens is 200 g/mol. The minimum Gasteiger partial charge on any atom is -0.456 e. The Kier molecular flexibility index (Phi) is 4.84. The summed E-state index contributed by atoms with van der Waals surface area (Å²) in [6.45, 7) is 3.40. The highest BCUT2D eigenvalue weighted by Crippen LogP contribution is 1.86. The summed E-state index contributed by atoms with van der Waals surface area (Å²) in [6, 6.07) is 0. The molecule has 0 radical (unpaired) electrons. The van der Waals surface area contributed by atoms with Crippen molar-refractivity contribution in [3.8, 4) is 0 Å². The second-order valence-corrected chi connectivity index (χ2v) is 2.00. The Labute approximate surface area is 67.2 Å². The second kappa shape index (κ2) is 5.17. The fourth-order valence-corrected chi connectivity index (χ4v) is 0.499. The molecule has 0 aromatic rings. The summed E-state index contributed by atoms with van der Waals surface area (Å²) in [4.78, 5) is 20.9. The molecule has 3 nitrogen and oxygen atoms in total. The van der Waals surface area contributed by atoms with Crippen LogP contribution >= 0.6 is 15.9 Å². The summed E-state index contributed by atoms with van der Waals surface area (Å²) < 4.78 is 4.41. The minimum absolute atomic E-state index is 0.00295. The number of Topliss-reactive ketones (excluding diaryl/α,β-unsaturated/α-hetero) is 1. The van der Waals surface area contributed by atoms with E-state index < -0.39 is 11.8 Å². The quantitative estimate of drug-likeness (QED) is 0.294. The number of ketones is 1. The Bertz CT molecular complexity index is 153. The monoisotopic (exact) mass is 206 g/mol. The Morgan fingerprint density at radius 3 is 2.60 bits per heavy atom. The SMILES string of the molecule is C=CCOC(=O)C(=O)CBr. The van der Waals surface area contributed by atoms with E-state index in [1.165, 1.54) is 6.08 Å². The molecule has 0 saturated carbocycles. The third-order valence-corrected chi connectivity index (χ3v) is 1.19. The van der Waals surface area contributed by atoms with Crippen LogP contribution in [0.1, 0.15) is 0 Å². The first-order chi connectivity index (χ1) is 4.72. The number of halogens is 1. The average molecular weight is 207 g/mol. The Morgan fingerprint density at radius 1 is 1.60 bits per heavy atom. The van der Waals surface area contributed by atoms with Crippen molar-refractivity contribution in [3.63, 3.8) is 0 Å². The van der Waals surface area contributed by atoms with E-state index in [1.807, 2.05) is 0 Å². The van der Waals surface area contributed by atoms with Gasteiger partial charge in [0, 0.05) is 0 Å². The zero-order chi connectivity index (χ0) is 7.98. The third kappa shape index (κ3) is 3.40. The van der Waals surface area contributed by atoms with Crippen LogP contribution in [0.3, 0.4) is 0 Å². The molecule has 0 rings (SSSR count). The molecule has 0 bridgehead atoms. The third-order valence-electron chi connectivity index (χ3n) is 0.681. The first-order valence-corrected chi connectivity index (χ1v) is 3.71. The predicted octanol–water partition coefficient (Wildman–Crippen LogP) is 0.680. The van der Waals surface area contributed by atoms with Gasteiger partial charge in [-0.25, -0.2) is 4.79 Å². The van der Waals surface area contributed by atoms with Crippen LogP contribution in [0.4, 0.5) is 0 Å². The largest absolute Gasteiger partial charge is 0.456 e. The first kappa shape index (κ1) is 9.36. The van der Waals surface area contributed by atoms with Gasteiger partial charge >= 0.3 is 5.97 Å². The van der Waals surface area contributed by atoms with Crippen LogP contribution in [-0.4, -0.2) is 23.7 Å². The number of hydrogen-bond donors (Lipinski definition) is 0. The zero-order valence-electron chi connectivity index (χ0n) is 5.30. The lowest BCUT2D eigenvalue weighted by molar-refractivity contribution is -0.151. The average Bonchev–Trinajstić information content (AvgIpc) is 1.98. The van der Waals surface area contributed by atoms with Crippen LogP contribution in [0, 0.1) is 0 Å². The standard InChI is InChI=1S/C6H7BrO3/c1-2-3-10-6(9)5(8)4-7/h2H,1,3-4H2. The summed E-state index contributed by atoms with van der Waals surface area (Å²) in [5.41, 5.74) is 0. The second-order valence-electron chi connectivity index (χ2n) is 1.44. The zero-order valence-corrected chi connectivity index (χ0v) is 6.89. The highest BCUT2D eigenvalue weighted by atomic mass is 79.9. The van der Waals surface area contributed by atoms with Crippen LogP contribution < -0.4 is 0 Å². The van der Waals surface area contributed by atoms with Crippen LogP contribution in [-0.2, 0) is 14.3 Å². The van der Waals surface area contributed by atoms with E-state index >= 15 is 0 Å². The molecule has 0 heterocycles. The summed E-state index contributed by atoms with van der Waals surface area (Å²) in [5.74, 6) is -1.40. The van der Waals surface area contributed by atoms with Crippen molar-refractivity contribution in [1.82, 2.24) is 0 Å². The summed E-state index contributed by atoms with van der Waals surface area (Å²) in [7, 11) is 0. The Morgan fingerprint density at radius 2 is 2.20 bits per heavy atom. The highest BCUT2D eigenvalue weighted by molar-refractivity contribution is 9.09. The molecule has 0 N–H and O–H groups in total. The smallest absolute Gasteiger partial charge is 0.375 e. The molecule has 0 atom stereocenters. The Balaban J connectivity index is 3.62. The topological polar surface area (TPSA) is 43.4 Å². The van der Waals surface area contributed by atoms with Crippen molar-refractivity contribution in [1.29, 1.82) is 0 Å². The Hall–Kier alpha value is -0.640. The van der Waals surface area contributed by atoms with Crippen molar-refractivity contribution in [2.75, 3.05) is 11.9 Å². The number of carbonyl (C=O) groups is 2. The molecular formula is C6H7BrO3. The lowest BCUT2D eigenvalue weighted by Crippen LogP contribution is -2.18. The van der Waals surface area contributed by atoms with Crippen molar-refractivity contribution in [2.45, 2.75) is 0 Å². The highest BCUT2D eigenvalue weighted by Gasteiger charge is 2.11. The summed E-state index contributed by atoms with van der Waals surface area (Å²) in [6.07, 6.45) is 1.40. The van der Waals surface area contributed by atoms with Gasteiger partial charge in [-0.2, -0.15) is 0 Å². The van der Waals surface area contributed by atoms with E-state index in [2.05, 4.69) is 27.2 Å². The van der Waals surface area contributed by atoms with Crippen molar-refractivity contribution in [3.05, 3.63) is 12.7 Å².